The lowest BCUT2D eigenvalue weighted by Crippen LogP contribution is -2.40. The van der Waals surface area contributed by atoms with Gasteiger partial charge >= 0.3 is 6.09 Å². The molecule has 1 saturated heterocycles. The van der Waals surface area contributed by atoms with Crippen LogP contribution in [0.15, 0.2) is 36.4 Å². The summed E-state index contributed by atoms with van der Waals surface area (Å²) in [5.74, 6) is 0.965. The van der Waals surface area contributed by atoms with E-state index in [0.717, 1.165) is 23.3 Å². The van der Waals surface area contributed by atoms with Gasteiger partial charge in [0.2, 0.25) is 0 Å². The van der Waals surface area contributed by atoms with E-state index in [1.807, 2.05) is 58.0 Å². The SMILES string of the molecule is CCCOc1cccc([C@H]2c3cc(C(=O)NC4C5CN(C(=O)OC(C)(C)C)CC54)cc(C(=O)NC)c3OC2C)c1. The summed E-state index contributed by atoms with van der Waals surface area (Å²) in [6.45, 7) is 11.3. The Hall–Kier alpha value is -3.75. The molecule has 3 unspecified atom stereocenters. The standard InChI is InChI=1S/C31H39N3O6/c1-7-11-38-20-10-8-9-18(12-20)25-17(2)39-27-21(25)13-19(14-22(27)29(36)32-6)28(35)33-26-23-15-34(16-24(23)26)30(37)40-31(3,4)5/h8-10,12-14,17,23-26H,7,11,15-16H2,1-6H3,(H,32,36)(H,33,35)/t17?,23?,24?,25-,26?/m0/s1. The maximum atomic E-state index is 13.5. The summed E-state index contributed by atoms with van der Waals surface area (Å²) in [6.07, 6.45) is 0.355. The van der Waals surface area contributed by atoms with Crippen LogP contribution in [0.25, 0.3) is 0 Å². The van der Waals surface area contributed by atoms with E-state index in [4.69, 9.17) is 14.2 Å². The number of ether oxygens (including phenoxy) is 3. The molecule has 9 heteroatoms. The topological polar surface area (TPSA) is 106 Å². The molecule has 5 rings (SSSR count). The molecular weight excluding hydrogens is 510 g/mol. The van der Waals surface area contributed by atoms with Gasteiger partial charge in [-0.2, -0.15) is 0 Å². The second-order valence-electron chi connectivity index (χ2n) is 12.0. The Bertz CT molecular complexity index is 1310. The summed E-state index contributed by atoms with van der Waals surface area (Å²) in [6, 6.07) is 11.3. The van der Waals surface area contributed by atoms with Crippen LogP contribution in [0, 0.1) is 11.8 Å². The highest BCUT2D eigenvalue weighted by atomic mass is 16.6. The van der Waals surface area contributed by atoms with Crippen molar-refractivity contribution < 1.29 is 28.6 Å². The van der Waals surface area contributed by atoms with Gasteiger partial charge in [0.25, 0.3) is 11.8 Å². The fraction of sp³-hybridized carbons (Fsp3) is 0.516. The molecule has 3 amide bonds. The first-order valence-electron chi connectivity index (χ1n) is 14.1. The van der Waals surface area contributed by atoms with Gasteiger partial charge < -0.3 is 29.7 Å². The van der Waals surface area contributed by atoms with Gasteiger partial charge in [-0.15, -0.1) is 0 Å². The van der Waals surface area contributed by atoms with Gasteiger partial charge in [0.1, 0.15) is 23.2 Å². The Labute approximate surface area is 235 Å². The van der Waals surface area contributed by atoms with Crippen LogP contribution in [0.5, 0.6) is 11.5 Å². The van der Waals surface area contributed by atoms with Crippen molar-refractivity contribution in [1.82, 2.24) is 15.5 Å². The first-order chi connectivity index (χ1) is 19.0. The van der Waals surface area contributed by atoms with E-state index in [0.29, 0.717) is 36.6 Å². The Balaban J connectivity index is 1.36. The number of amides is 3. The van der Waals surface area contributed by atoms with E-state index < -0.39 is 5.60 Å². The molecule has 1 aliphatic carbocycles. The lowest BCUT2D eigenvalue weighted by Gasteiger charge is -2.26. The number of hydrogen-bond acceptors (Lipinski definition) is 6. The van der Waals surface area contributed by atoms with E-state index in [1.165, 1.54) is 0 Å². The predicted molar refractivity (Wildman–Crippen MR) is 150 cm³/mol. The van der Waals surface area contributed by atoms with Crippen LogP contribution < -0.4 is 20.1 Å². The monoisotopic (exact) mass is 549 g/mol. The first kappa shape index (κ1) is 27.8. The van der Waals surface area contributed by atoms with Gasteiger partial charge in [0.05, 0.1) is 12.2 Å². The van der Waals surface area contributed by atoms with Gasteiger partial charge in [-0.05, 0) is 63.9 Å². The van der Waals surface area contributed by atoms with Crippen molar-refractivity contribution in [3.63, 3.8) is 0 Å². The lowest BCUT2D eigenvalue weighted by atomic mass is 9.86. The quantitative estimate of drug-likeness (QED) is 0.532. The third-order valence-corrected chi connectivity index (χ3v) is 7.79. The van der Waals surface area contributed by atoms with E-state index in [2.05, 4.69) is 17.6 Å². The number of benzene rings is 2. The third kappa shape index (κ3) is 5.46. The largest absolute Gasteiger partial charge is 0.494 e. The van der Waals surface area contributed by atoms with Crippen molar-refractivity contribution in [3.8, 4) is 11.5 Å². The van der Waals surface area contributed by atoms with Gasteiger partial charge in [0, 0.05) is 55.1 Å². The van der Waals surface area contributed by atoms with Crippen molar-refractivity contribution in [2.45, 2.75) is 64.7 Å². The van der Waals surface area contributed by atoms with Crippen molar-refractivity contribution in [2.24, 2.45) is 11.8 Å². The number of carbonyl (C=O) groups is 3. The summed E-state index contributed by atoms with van der Waals surface area (Å²) in [5.41, 5.74) is 2.01. The van der Waals surface area contributed by atoms with Gasteiger partial charge in [-0.1, -0.05) is 19.1 Å². The minimum atomic E-state index is -0.545. The molecular formula is C31H39N3O6. The average molecular weight is 550 g/mol. The van der Waals surface area contributed by atoms with Crippen LogP contribution in [-0.2, 0) is 4.74 Å². The zero-order valence-electron chi connectivity index (χ0n) is 24.1. The van der Waals surface area contributed by atoms with Crippen LogP contribution in [0.1, 0.15) is 78.8 Å². The average Bonchev–Trinajstić information content (AvgIpc) is 3.22. The molecule has 0 aromatic heterocycles. The molecule has 1 saturated carbocycles. The van der Waals surface area contributed by atoms with Crippen LogP contribution in [0.2, 0.25) is 0 Å². The highest BCUT2D eigenvalue weighted by Gasteiger charge is 2.58. The van der Waals surface area contributed by atoms with Crippen LogP contribution in [0.3, 0.4) is 0 Å². The number of hydrogen-bond donors (Lipinski definition) is 2. The molecule has 214 valence electrons. The van der Waals surface area contributed by atoms with E-state index in [9.17, 15) is 14.4 Å². The predicted octanol–water partition coefficient (Wildman–Crippen LogP) is 4.34. The number of carbonyl (C=O) groups excluding carboxylic acids is 3. The van der Waals surface area contributed by atoms with Crippen molar-refractivity contribution in [2.75, 3.05) is 26.7 Å². The van der Waals surface area contributed by atoms with E-state index >= 15 is 0 Å². The summed E-state index contributed by atoms with van der Waals surface area (Å²) in [5, 5.41) is 5.82. The summed E-state index contributed by atoms with van der Waals surface area (Å²) < 4.78 is 17.6. The van der Waals surface area contributed by atoms with Gasteiger partial charge in [-0.25, -0.2) is 4.79 Å². The minimum absolute atomic E-state index is 0.0127. The highest BCUT2D eigenvalue weighted by Crippen LogP contribution is 2.47. The molecule has 2 N–H and O–H groups in total. The maximum absolute atomic E-state index is 13.5. The zero-order chi connectivity index (χ0) is 28.8. The second-order valence-corrected chi connectivity index (χ2v) is 12.0. The number of piperidine rings is 1. The highest BCUT2D eigenvalue weighted by molar-refractivity contribution is 6.02. The molecule has 9 nitrogen and oxygen atoms in total. The lowest BCUT2D eigenvalue weighted by molar-refractivity contribution is 0.0269. The molecule has 2 heterocycles. The molecule has 40 heavy (non-hydrogen) atoms. The smallest absolute Gasteiger partial charge is 0.410 e. The fourth-order valence-corrected chi connectivity index (χ4v) is 5.87. The number of fused-ring (bicyclic) bond motifs is 2. The van der Waals surface area contributed by atoms with E-state index in [1.54, 1.807) is 18.0 Å². The molecule has 4 atom stereocenters. The Kier molecular flexibility index (Phi) is 7.42. The zero-order valence-corrected chi connectivity index (χ0v) is 24.1. The van der Waals surface area contributed by atoms with Crippen LogP contribution >= 0.6 is 0 Å². The molecule has 2 aromatic carbocycles. The van der Waals surface area contributed by atoms with Crippen molar-refractivity contribution >= 4 is 17.9 Å². The summed E-state index contributed by atoms with van der Waals surface area (Å²) in [4.78, 5) is 40.5. The molecule has 2 fully saturated rings. The first-order valence-corrected chi connectivity index (χ1v) is 14.1. The van der Waals surface area contributed by atoms with Crippen molar-refractivity contribution in [3.05, 3.63) is 58.7 Å². The molecule has 0 spiro atoms. The summed E-state index contributed by atoms with van der Waals surface area (Å²) >= 11 is 0. The summed E-state index contributed by atoms with van der Waals surface area (Å²) in [7, 11) is 1.56. The van der Waals surface area contributed by atoms with Crippen LogP contribution in [0.4, 0.5) is 4.79 Å². The molecule has 3 aliphatic rings. The normalized spacial score (nSPS) is 24.4. The van der Waals surface area contributed by atoms with Crippen LogP contribution in [-0.4, -0.2) is 67.3 Å². The molecule has 0 bridgehead atoms. The maximum Gasteiger partial charge on any atom is 0.410 e. The Morgan fingerprint density at radius 2 is 1.80 bits per heavy atom. The number of likely N-dealkylation sites (tertiary alicyclic amines) is 1. The second kappa shape index (κ2) is 10.7. The van der Waals surface area contributed by atoms with Gasteiger partial charge in [0.15, 0.2) is 0 Å². The molecule has 0 radical (unpaired) electrons. The number of rotatable bonds is 7. The molecule has 2 aliphatic heterocycles. The Morgan fingerprint density at radius 1 is 1.07 bits per heavy atom. The fourth-order valence-electron chi connectivity index (χ4n) is 5.87. The van der Waals surface area contributed by atoms with E-state index in [-0.39, 0.29) is 47.8 Å². The number of nitrogens with one attached hydrogen (secondary N) is 2. The Morgan fingerprint density at radius 3 is 2.45 bits per heavy atom. The molecule has 2 aromatic rings. The van der Waals surface area contributed by atoms with Gasteiger partial charge in [-0.3, -0.25) is 9.59 Å². The third-order valence-electron chi connectivity index (χ3n) is 7.79. The van der Waals surface area contributed by atoms with Crippen molar-refractivity contribution in [1.29, 1.82) is 0 Å². The number of nitrogens with zero attached hydrogens (tertiary/aromatic N) is 1. The minimum Gasteiger partial charge on any atom is -0.494 e.